The van der Waals surface area contributed by atoms with Crippen LogP contribution in [0.3, 0.4) is 0 Å². The van der Waals surface area contributed by atoms with Crippen molar-refractivity contribution in [2.75, 3.05) is 11.9 Å². The van der Waals surface area contributed by atoms with E-state index >= 15 is 0 Å². The monoisotopic (exact) mass is 265 g/mol. The van der Waals surface area contributed by atoms with Gasteiger partial charge < -0.3 is 5.32 Å². The highest BCUT2D eigenvalue weighted by Crippen LogP contribution is 2.26. The van der Waals surface area contributed by atoms with Crippen molar-refractivity contribution in [1.82, 2.24) is 0 Å². The van der Waals surface area contributed by atoms with Crippen molar-refractivity contribution in [3.05, 3.63) is 63.7 Å². The molecule has 2 aromatic rings. The summed E-state index contributed by atoms with van der Waals surface area (Å²) in [5, 5.41) is 3.53. The summed E-state index contributed by atoms with van der Waals surface area (Å²) >= 11 is 0. The fraction of sp³-hybridized carbons (Fsp3) is 0.368. The van der Waals surface area contributed by atoms with Crippen molar-refractivity contribution in [3.8, 4) is 0 Å². The number of fused-ring (bicyclic) bond motifs is 1. The van der Waals surface area contributed by atoms with Crippen LogP contribution in [0.15, 0.2) is 30.3 Å². The fourth-order valence-corrected chi connectivity index (χ4v) is 3.31. The van der Waals surface area contributed by atoms with Crippen LogP contribution in [0.25, 0.3) is 0 Å². The Kier molecular flexibility index (Phi) is 3.52. The number of rotatable bonds is 2. The summed E-state index contributed by atoms with van der Waals surface area (Å²) in [7, 11) is 0. The van der Waals surface area contributed by atoms with E-state index in [-0.39, 0.29) is 0 Å². The number of hydrogen-bond acceptors (Lipinski definition) is 1. The summed E-state index contributed by atoms with van der Waals surface area (Å²) in [5.74, 6) is 0. The van der Waals surface area contributed by atoms with E-state index in [0.29, 0.717) is 0 Å². The van der Waals surface area contributed by atoms with Gasteiger partial charge in [0.05, 0.1) is 0 Å². The van der Waals surface area contributed by atoms with Crippen LogP contribution in [0.4, 0.5) is 5.69 Å². The van der Waals surface area contributed by atoms with Gasteiger partial charge in [0.2, 0.25) is 0 Å². The zero-order valence-electron chi connectivity index (χ0n) is 12.7. The summed E-state index contributed by atoms with van der Waals surface area (Å²) in [6.07, 6.45) is 3.50. The number of nitrogens with one attached hydrogen (secondary N) is 1. The van der Waals surface area contributed by atoms with Gasteiger partial charge in [0.25, 0.3) is 0 Å². The smallest absolute Gasteiger partial charge is 0.0375 e. The fourth-order valence-electron chi connectivity index (χ4n) is 3.31. The van der Waals surface area contributed by atoms with E-state index in [1.165, 1.54) is 51.9 Å². The number of aryl methyl sites for hydroxylation is 4. The van der Waals surface area contributed by atoms with Gasteiger partial charge >= 0.3 is 0 Å². The number of anilines is 1. The maximum atomic E-state index is 3.53. The van der Waals surface area contributed by atoms with Crippen LogP contribution in [-0.2, 0) is 12.8 Å². The minimum Gasteiger partial charge on any atom is -0.385 e. The molecule has 0 saturated heterocycles. The van der Waals surface area contributed by atoms with Gasteiger partial charge in [0.1, 0.15) is 0 Å². The van der Waals surface area contributed by atoms with E-state index in [9.17, 15) is 0 Å². The predicted molar refractivity (Wildman–Crippen MR) is 86.7 cm³/mol. The predicted octanol–water partition coefficient (Wildman–Crippen LogP) is 4.56. The maximum absolute atomic E-state index is 3.53. The molecule has 0 aromatic heterocycles. The Morgan fingerprint density at radius 1 is 1.00 bits per heavy atom. The highest BCUT2D eigenvalue weighted by molar-refractivity contribution is 5.56. The van der Waals surface area contributed by atoms with Crippen LogP contribution in [-0.4, -0.2) is 6.54 Å². The SMILES string of the molecule is Cc1cc(C)c(Cc2ccc3c(c2)NCCC3)c(C)c1. The molecule has 0 fully saturated rings. The van der Waals surface area contributed by atoms with Crippen LogP contribution in [0.5, 0.6) is 0 Å². The first-order chi connectivity index (χ1) is 9.63. The van der Waals surface area contributed by atoms with E-state index < -0.39 is 0 Å². The van der Waals surface area contributed by atoms with Crippen LogP contribution in [0, 0.1) is 20.8 Å². The molecule has 3 rings (SSSR count). The standard InChI is InChI=1S/C19H23N/c1-13-9-14(2)18(15(3)10-13)11-16-6-7-17-5-4-8-20-19(17)12-16/h6-7,9-10,12,20H,4-5,8,11H2,1-3H3. The lowest BCUT2D eigenvalue weighted by atomic mass is 9.92. The van der Waals surface area contributed by atoms with Gasteiger partial charge in [-0.2, -0.15) is 0 Å². The Labute approximate surface area is 122 Å². The van der Waals surface area contributed by atoms with E-state index in [2.05, 4.69) is 56.4 Å². The third kappa shape index (κ3) is 2.58. The molecule has 0 saturated carbocycles. The lowest BCUT2D eigenvalue weighted by Gasteiger charge is -2.19. The van der Waals surface area contributed by atoms with E-state index in [4.69, 9.17) is 0 Å². The summed E-state index contributed by atoms with van der Waals surface area (Å²) in [5.41, 5.74) is 9.88. The first kappa shape index (κ1) is 13.2. The zero-order chi connectivity index (χ0) is 14.1. The molecule has 0 amide bonds. The molecular weight excluding hydrogens is 242 g/mol. The maximum Gasteiger partial charge on any atom is 0.0375 e. The van der Waals surface area contributed by atoms with Crippen LogP contribution >= 0.6 is 0 Å². The van der Waals surface area contributed by atoms with Gasteiger partial charge in [-0.1, -0.05) is 29.8 Å². The first-order valence-electron chi connectivity index (χ1n) is 7.56. The summed E-state index contributed by atoms with van der Waals surface area (Å²) in [6, 6.07) is 11.5. The topological polar surface area (TPSA) is 12.0 Å². The lowest BCUT2D eigenvalue weighted by Crippen LogP contribution is -2.12. The molecule has 0 unspecified atom stereocenters. The average molecular weight is 265 g/mol. The average Bonchev–Trinajstić information content (AvgIpc) is 2.42. The third-order valence-electron chi connectivity index (χ3n) is 4.33. The highest BCUT2D eigenvalue weighted by atomic mass is 14.9. The molecule has 1 aliphatic rings. The van der Waals surface area contributed by atoms with E-state index in [0.717, 1.165) is 13.0 Å². The Balaban J connectivity index is 1.92. The molecule has 0 bridgehead atoms. The van der Waals surface area contributed by atoms with Crippen molar-refractivity contribution in [2.45, 2.75) is 40.0 Å². The molecule has 104 valence electrons. The van der Waals surface area contributed by atoms with E-state index in [1.54, 1.807) is 0 Å². The van der Waals surface area contributed by atoms with Crippen LogP contribution in [0.2, 0.25) is 0 Å². The Morgan fingerprint density at radius 2 is 1.75 bits per heavy atom. The molecule has 0 radical (unpaired) electrons. The van der Waals surface area contributed by atoms with Crippen molar-refractivity contribution < 1.29 is 0 Å². The quantitative estimate of drug-likeness (QED) is 0.839. The Hall–Kier alpha value is -1.76. The number of hydrogen-bond donors (Lipinski definition) is 1. The summed E-state index contributed by atoms with van der Waals surface area (Å²) in [6.45, 7) is 7.74. The molecule has 1 aliphatic heterocycles. The minimum atomic E-state index is 1.03. The molecule has 2 aromatic carbocycles. The largest absolute Gasteiger partial charge is 0.385 e. The van der Waals surface area contributed by atoms with E-state index in [1.807, 2.05) is 0 Å². The number of benzene rings is 2. The first-order valence-corrected chi connectivity index (χ1v) is 7.56. The molecular formula is C19H23N. The van der Waals surface area contributed by atoms with Gasteiger partial charge in [-0.15, -0.1) is 0 Å². The molecule has 0 aliphatic carbocycles. The molecule has 20 heavy (non-hydrogen) atoms. The Morgan fingerprint density at radius 3 is 2.50 bits per heavy atom. The van der Waals surface area contributed by atoms with Crippen molar-refractivity contribution in [3.63, 3.8) is 0 Å². The second kappa shape index (κ2) is 5.32. The third-order valence-corrected chi connectivity index (χ3v) is 4.33. The molecule has 1 N–H and O–H groups in total. The lowest BCUT2D eigenvalue weighted by molar-refractivity contribution is 0.829. The van der Waals surface area contributed by atoms with Crippen molar-refractivity contribution >= 4 is 5.69 Å². The van der Waals surface area contributed by atoms with Gasteiger partial charge in [0.15, 0.2) is 0 Å². The second-order valence-corrected chi connectivity index (χ2v) is 6.08. The normalized spacial score (nSPS) is 13.8. The molecule has 0 spiro atoms. The van der Waals surface area contributed by atoms with Crippen molar-refractivity contribution in [1.29, 1.82) is 0 Å². The van der Waals surface area contributed by atoms with Crippen LogP contribution < -0.4 is 5.32 Å². The molecule has 1 heterocycles. The summed E-state index contributed by atoms with van der Waals surface area (Å²) in [4.78, 5) is 0. The van der Waals surface area contributed by atoms with Gasteiger partial charge in [-0.3, -0.25) is 0 Å². The van der Waals surface area contributed by atoms with Gasteiger partial charge in [0, 0.05) is 12.2 Å². The molecule has 0 atom stereocenters. The molecule has 1 heteroatoms. The zero-order valence-corrected chi connectivity index (χ0v) is 12.7. The van der Waals surface area contributed by atoms with Crippen molar-refractivity contribution in [2.24, 2.45) is 0 Å². The van der Waals surface area contributed by atoms with Gasteiger partial charge in [-0.05, 0) is 73.9 Å². The highest BCUT2D eigenvalue weighted by Gasteiger charge is 2.10. The summed E-state index contributed by atoms with van der Waals surface area (Å²) < 4.78 is 0. The molecule has 1 nitrogen and oxygen atoms in total. The second-order valence-electron chi connectivity index (χ2n) is 6.08. The Bertz CT molecular complexity index is 617. The van der Waals surface area contributed by atoms with Gasteiger partial charge in [-0.25, -0.2) is 0 Å². The van der Waals surface area contributed by atoms with Crippen LogP contribution in [0.1, 0.15) is 39.8 Å². The minimum absolute atomic E-state index is 1.03.